The van der Waals surface area contributed by atoms with Gasteiger partial charge in [-0.1, -0.05) is 5.16 Å². The van der Waals surface area contributed by atoms with E-state index in [0.717, 1.165) is 22.8 Å². The van der Waals surface area contributed by atoms with E-state index in [9.17, 15) is 4.79 Å². The molecule has 0 unspecified atom stereocenters. The summed E-state index contributed by atoms with van der Waals surface area (Å²) in [7, 11) is 0. The molecule has 0 spiro atoms. The number of ketones is 1. The zero-order chi connectivity index (χ0) is 9.84. The van der Waals surface area contributed by atoms with Crippen LogP contribution in [0.5, 0.6) is 0 Å². The Balaban J connectivity index is 2.49. The zero-order valence-corrected chi connectivity index (χ0v) is 8.90. The molecule has 1 heterocycles. The summed E-state index contributed by atoms with van der Waals surface area (Å²) >= 11 is 1.60. The Bertz CT molecular complexity index is 287. The smallest absolute Gasteiger partial charge is 0.139 e. The van der Waals surface area contributed by atoms with Gasteiger partial charge in [-0.15, -0.1) is 11.8 Å². The van der Waals surface area contributed by atoms with Crippen molar-refractivity contribution >= 4 is 17.5 Å². The molecule has 1 aromatic rings. The third kappa shape index (κ3) is 2.88. The molecule has 0 bridgehead atoms. The molecule has 0 amide bonds. The average molecular weight is 199 g/mol. The molecule has 1 rings (SSSR count). The minimum atomic E-state index is 0.205. The highest BCUT2D eigenvalue weighted by Crippen LogP contribution is 2.19. The topological polar surface area (TPSA) is 43.1 Å². The molecule has 0 radical (unpaired) electrons. The Kier molecular flexibility index (Phi) is 3.54. The number of hydrogen-bond acceptors (Lipinski definition) is 4. The predicted octanol–water partition coefficient (Wildman–Crippen LogP) is 2.11. The Morgan fingerprint density at radius 1 is 1.54 bits per heavy atom. The monoisotopic (exact) mass is 199 g/mol. The molecule has 0 atom stereocenters. The van der Waals surface area contributed by atoms with E-state index in [1.165, 1.54) is 0 Å². The van der Waals surface area contributed by atoms with Crippen LogP contribution in [-0.4, -0.2) is 16.7 Å². The van der Waals surface area contributed by atoms with Crippen LogP contribution in [0.1, 0.15) is 23.9 Å². The maximum Gasteiger partial charge on any atom is 0.139 e. The molecule has 0 saturated heterocycles. The second-order valence-electron chi connectivity index (χ2n) is 3.00. The molecular weight excluding hydrogens is 186 g/mol. The highest BCUT2D eigenvalue weighted by molar-refractivity contribution is 7.99. The van der Waals surface area contributed by atoms with Gasteiger partial charge in [0, 0.05) is 11.3 Å². The van der Waals surface area contributed by atoms with E-state index in [-0.39, 0.29) is 5.78 Å². The first-order valence-corrected chi connectivity index (χ1v) is 5.25. The first kappa shape index (κ1) is 10.3. The first-order valence-electron chi connectivity index (χ1n) is 4.10. The van der Waals surface area contributed by atoms with Crippen molar-refractivity contribution in [1.82, 2.24) is 5.16 Å². The van der Waals surface area contributed by atoms with Crippen molar-refractivity contribution in [3.8, 4) is 0 Å². The van der Waals surface area contributed by atoms with E-state index in [1.807, 2.05) is 13.8 Å². The Hall–Kier alpha value is -0.770. The van der Waals surface area contributed by atoms with Crippen LogP contribution >= 0.6 is 11.8 Å². The van der Waals surface area contributed by atoms with Gasteiger partial charge in [0.05, 0.1) is 11.4 Å². The van der Waals surface area contributed by atoms with Crippen molar-refractivity contribution in [3.63, 3.8) is 0 Å². The van der Waals surface area contributed by atoms with Crippen molar-refractivity contribution in [2.45, 2.75) is 26.5 Å². The number of rotatable bonds is 4. The van der Waals surface area contributed by atoms with Crippen LogP contribution in [0, 0.1) is 13.8 Å². The summed E-state index contributed by atoms with van der Waals surface area (Å²) in [5.41, 5.74) is 2.04. The fourth-order valence-electron chi connectivity index (χ4n) is 1.00. The number of aromatic nitrogens is 1. The van der Waals surface area contributed by atoms with Crippen molar-refractivity contribution in [2.75, 3.05) is 5.75 Å². The summed E-state index contributed by atoms with van der Waals surface area (Å²) in [6.07, 6.45) is 0. The van der Waals surface area contributed by atoms with Crippen LogP contribution in [0.3, 0.4) is 0 Å². The summed E-state index contributed by atoms with van der Waals surface area (Å²) in [6, 6.07) is 0. The molecule has 0 aromatic carbocycles. The largest absolute Gasteiger partial charge is 0.361 e. The van der Waals surface area contributed by atoms with E-state index in [0.29, 0.717) is 5.75 Å². The molecule has 72 valence electrons. The van der Waals surface area contributed by atoms with Gasteiger partial charge in [-0.2, -0.15) is 0 Å². The van der Waals surface area contributed by atoms with E-state index >= 15 is 0 Å². The quantitative estimate of drug-likeness (QED) is 0.745. The molecule has 0 aliphatic carbocycles. The first-order chi connectivity index (χ1) is 6.11. The summed E-state index contributed by atoms with van der Waals surface area (Å²) in [4.78, 5) is 10.7. The van der Waals surface area contributed by atoms with E-state index in [1.54, 1.807) is 18.7 Å². The molecule has 0 fully saturated rings. The summed E-state index contributed by atoms with van der Waals surface area (Å²) in [5, 5.41) is 3.84. The second kappa shape index (κ2) is 4.46. The number of carbonyl (C=O) groups excluding carboxylic acids is 1. The number of Topliss-reactive ketones (excluding diaryl/α,β-unsaturated/α-hetero) is 1. The normalized spacial score (nSPS) is 10.4. The lowest BCUT2D eigenvalue weighted by atomic mass is 10.2. The van der Waals surface area contributed by atoms with E-state index in [2.05, 4.69) is 5.16 Å². The lowest BCUT2D eigenvalue weighted by Gasteiger charge is -1.97. The van der Waals surface area contributed by atoms with Crippen molar-refractivity contribution in [2.24, 2.45) is 0 Å². The van der Waals surface area contributed by atoms with Gasteiger partial charge in [-0.05, 0) is 20.8 Å². The van der Waals surface area contributed by atoms with Crippen LogP contribution in [0.4, 0.5) is 0 Å². The minimum absolute atomic E-state index is 0.205. The lowest BCUT2D eigenvalue weighted by molar-refractivity contribution is -0.114. The third-order valence-corrected chi connectivity index (χ3v) is 2.84. The summed E-state index contributed by atoms with van der Waals surface area (Å²) in [6.45, 7) is 5.41. The maximum absolute atomic E-state index is 10.7. The fourth-order valence-corrected chi connectivity index (χ4v) is 2.01. The van der Waals surface area contributed by atoms with Gasteiger partial charge in [0.1, 0.15) is 11.5 Å². The lowest BCUT2D eigenvalue weighted by Crippen LogP contribution is -1.94. The third-order valence-electron chi connectivity index (χ3n) is 1.73. The maximum atomic E-state index is 10.7. The Labute approximate surface area is 81.9 Å². The molecule has 0 aliphatic heterocycles. The number of nitrogens with zero attached hydrogens (tertiary/aromatic N) is 1. The van der Waals surface area contributed by atoms with Crippen LogP contribution in [0.2, 0.25) is 0 Å². The highest BCUT2D eigenvalue weighted by Gasteiger charge is 2.08. The number of hydrogen-bond donors (Lipinski definition) is 0. The molecule has 4 heteroatoms. The molecule has 0 N–H and O–H groups in total. The standard InChI is InChI=1S/C9H13NO2S/c1-6(11)4-13-5-9-7(2)10-12-8(9)3/h4-5H2,1-3H3. The predicted molar refractivity (Wildman–Crippen MR) is 52.8 cm³/mol. The SMILES string of the molecule is CC(=O)CSCc1c(C)noc1C. The Morgan fingerprint density at radius 3 is 2.69 bits per heavy atom. The van der Waals surface area contributed by atoms with Crippen molar-refractivity contribution in [3.05, 3.63) is 17.0 Å². The van der Waals surface area contributed by atoms with Crippen LogP contribution in [0.15, 0.2) is 4.52 Å². The molecular formula is C9H13NO2S. The average Bonchev–Trinajstić information content (AvgIpc) is 2.34. The van der Waals surface area contributed by atoms with Gasteiger partial charge in [-0.25, -0.2) is 0 Å². The Morgan fingerprint density at radius 2 is 2.23 bits per heavy atom. The highest BCUT2D eigenvalue weighted by atomic mass is 32.2. The van der Waals surface area contributed by atoms with E-state index < -0.39 is 0 Å². The van der Waals surface area contributed by atoms with Gasteiger partial charge in [-0.3, -0.25) is 4.79 Å². The van der Waals surface area contributed by atoms with Crippen molar-refractivity contribution < 1.29 is 9.32 Å². The second-order valence-corrected chi connectivity index (χ2v) is 3.98. The molecule has 3 nitrogen and oxygen atoms in total. The van der Waals surface area contributed by atoms with Crippen LogP contribution in [0.25, 0.3) is 0 Å². The molecule has 1 aromatic heterocycles. The molecule has 13 heavy (non-hydrogen) atoms. The fraction of sp³-hybridized carbons (Fsp3) is 0.556. The number of thioether (sulfide) groups is 1. The van der Waals surface area contributed by atoms with Gasteiger partial charge in [0.2, 0.25) is 0 Å². The zero-order valence-electron chi connectivity index (χ0n) is 8.09. The van der Waals surface area contributed by atoms with Gasteiger partial charge in [0.15, 0.2) is 0 Å². The van der Waals surface area contributed by atoms with Crippen LogP contribution in [-0.2, 0) is 10.5 Å². The summed E-state index contributed by atoms with van der Waals surface area (Å²) < 4.78 is 5.00. The molecule has 0 aliphatic rings. The van der Waals surface area contributed by atoms with Gasteiger partial charge < -0.3 is 4.52 Å². The number of aryl methyl sites for hydroxylation is 2. The summed E-state index contributed by atoms with van der Waals surface area (Å²) in [5.74, 6) is 2.43. The van der Waals surface area contributed by atoms with Gasteiger partial charge in [0.25, 0.3) is 0 Å². The van der Waals surface area contributed by atoms with Crippen LogP contribution < -0.4 is 0 Å². The molecule has 0 saturated carbocycles. The minimum Gasteiger partial charge on any atom is -0.361 e. The van der Waals surface area contributed by atoms with Crippen molar-refractivity contribution in [1.29, 1.82) is 0 Å². The van der Waals surface area contributed by atoms with E-state index in [4.69, 9.17) is 4.52 Å². The van der Waals surface area contributed by atoms with Gasteiger partial charge >= 0.3 is 0 Å². The number of carbonyl (C=O) groups is 1.